The van der Waals surface area contributed by atoms with Gasteiger partial charge in [-0.2, -0.15) is 9.19 Å². The van der Waals surface area contributed by atoms with Gasteiger partial charge in [0.1, 0.15) is 12.4 Å². The van der Waals surface area contributed by atoms with E-state index in [0.717, 1.165) is 37.7 Å². The van der Waals surface area contributed by atoms with Crippen molar-refractivity contribution in [2.75, 3.05) is 0 Å². The van der Waals surface area contributed by atoms with E-state index < -0.39 is 10.0 Å². The molecule has 4 rings (SSSR count). The second-order valence-corrected chi connectivity index (χ2v) is 9.18. The SMILES string of the molecule is Cc1cc(-c2cnn(S(=O)(=O)C3CC3)c2)cc(CN)c1OCc1ccccc1. The molecule has 1 aromatic heterocycles. The fraction of sp³-hybridized carbons (Fsp3) is 0.286. The summed E-state index contributed by atoms with van der Waals surface area (Å²) in [5, 5.41) is 3.78. The Labute approximate surface area is 165 Å². The zero-order valence-electron chi connectivity index (χ0n) is 15.7. The molecule has 7 heteroatoms. The van der Waals surface area contributed by atoms with Crippen LogP contribution in [0.2, 0.25) is 0 Å². The molecule has 2 aromatic carbocycles. The Balaban J connectivity index is 1.61. The maximum absolute atomic E-state index is 12.4. The van der Waals surface area contributed by atoms with Gasteiger partial charge in [-0.3, -0.25) is 0 Å². The van der Waals surface area contributed by atoms with Crippen LogP contribution < -0.4 is 10.5 Å². The van der Waals surface area contributed by atoms with Gasteiger partial charge in [-0.15, -0.1) is 0 Å². The van der Waals surface area contributed by atoms with Gasteiger partial charge in [-0.1, -0.05) is 30.3 Å². The molecule has 6 nitrogen and oxygen atoms in total. The van der Waals surface area contributed by atoms with Gasteiger partial charge in [-0.25, -0.2) is 8.42 Å². The molecule has 0 amide bonds. The first-order valence-corrected chi connectivity index (χ1v) is 10.8. The number of rotatable bonds is 7. The Morgan fingerprint density at radius 1 is 1.18 bits per heavy atom. The zero-order chi connectivity index (χ0) is 19.7. The number of aryl methyl sites for hydroxylation is 1. The molecule has 0 radical (unpaired) electrons. The molecular formula is C21H23N3O3S. The average Bonchev–Trinajstić information content (AvgIpc) is 3.44. The minimum atomic E-state index is -3.37. The van der Waals surface area contributed by atoms with E-state index in [9.17, 15) is 8.42 Å². The molecule has 28 heavy (non-hydrogen) atoms. The van der Waals surface area contributed by atoms with Crippen molar-refractivity contribution in [2.45, 2.75) is 38.2 Å². The zero-order valence-corrected chi connectivity index (χ0v) is 16.5. The lowest BCUT2D eigenvalue weighted by atomic mass is 10.0. The predicted molar refractivity (Wildman–Crippen MR) is 108 cm³/mol. The third-order valence-electron chi connectivity index (χ3n) is 4.90. The molecular weight excluding hydrogens is 374 g/mol. The van der Waals surface area contributed by atoms with E-state index in [4.69, 9.17) is 10.5 Å². The van der Waals surface area contributed by atoms with Gasteiger partial charge in [0.25, 0.3) is 10.0 Å². The van der Waals surface area contributed by atoms with Crippen LogP contribution in [0.3, 0.4) is 0 Å². The largest absolute Gasteiger partial charge is 0.488 e. The minimum absolute atomic E-state index is 0.296. The summed E-state index contributed by atoms with van der Waals surface area (Å²) in [7, 11) is -3.37. The molecule has 3 aromatic rings. The van der Waals surface area contributed by atoms with Crippen molar-refractivity contribution < 1.29 is 13.2 Å². The van der Waals surface area contributed by atoms with Crippen LogP contribution in [0.15, 0.2) is 54.9 Å². The maximum Gasteiger partial charge on any atom is 0.256 e. The Kier molecular flexibility index (Phi) is 4.95. The number of hydrogen-bond donors (Lipinski definition) is 1. The van der Waals surface area contributed by atoms with Crippen molar-refractivity contribution in [1.82, 2.24) is 9.19 Å². The van der Waals surface area contributed by atoms with Gasteiger partial charge >= 0.3 is 0 Å². The maximum atomic E-state index is 12.4. The molecule has 0 atom stereocenters. The molecule has 1 fully saturated rings. The summed E-state index contributed by atoms with van der Waals surface area (Å²) in [5.74, 6) is 0.771. The monoisotopic (exact) mass is 397 g/mol. The first-order valence-electron chi connectivity index (χ1n) is 9.29. The first-order chi connectivity index (χ1) is 13.5. The molecule has 146 valence electrons. The van der Waals surface area contributed by atoms with Crippen molar-refractivity contribution in [1.29, 1.82) is 0 Å². The van der Waals surface area contributed by atoms with E-state index in [0.29, 0.717) is 26.0 Å². The van der Waals surface area contributed by atoms with Gasteiger partial charge in [0, 0.05) is 17.7 Å². The fourth-order valence-electron chi connectivity index (χ4n) is 3.21. The lowest BCUT2D eigenvalue weighted by molar-refractivity contribution is 0.301. The van der Waals surface area contributed by atoms with Crippen molar-refractivity contribution in [3.8, 4) is 16.9 Å². The lowest BCUT2D eigenvalue weighted by Gasteiger charge is -2.15. The van der Waals surface area contributed by atoms with Crippen molar-refractivity contribution in [3.63, 3.8) is 0 Å². The smallest absolute Gasteiger partial charge is 0.256 e. The molecule has 0 spiro atoms. The Bertz CT molecular complexity index is 1090. The van der Waals surface area contributed by atoms with E-state index >= 15 is 0 Å². The van der Waals surface area contributed by atoms with Gasteiger partial charge < -0.3 is 10.5 Å². The van der Waals surface area contributed by atoms with E-state index in [1.807, 2.05) is 49.4 Å². The summed E-state index contributed by atoms with van der Waals surface area (Å²) in [6.07, 6.45) is 4.58. The number of aromatic nitrogens is 2. The van der Waals surface area contributed by atoms with Crippen LogP contribution in [0.1, 0.15) is 29.5 Å². The van der Waals surface area contributed by atoms with Crippen molar-refractivity contribution >= 4 is 10.0 Å². The predicted octanol–water partition coefficient (Wildman–Crippen LogP) is 3.24. The lowest BCUT2D eigenvalue weighted by Crippen LogP contribution is -2.17. The molecule has 0 saturated heterocycles. The van der Waals surface area contributed by atoms with Gasteiger partial charge in [0.2, 0.25) is 0 Å². The number of ether oxygens (including phenoxy) is 1. The summed E-state index contributed by atoms with van der Waals surface area (Å²) in [5.41, 5.74) is 10.5. The highest BCUT2D eigenvalue weighted by Gasteiger charge is 2.37. The van der Waals surface area contributed by atoms with Gasteiger partial charge in [-0.05, 0) is 48.6 Å². The average molecular weight is 398 g/mol. The van der Waals surface area contributed by atoms with Crippen LogP contribution in [-0.4, -0.2) is 22.9 Å². The van der Waals surface area contributed by atoms with Crippen LogP contribution in [-0.2, 0) is 23.2 Å². The molecule has 0 aliphatic heterocycles. The second kappa shape index (κ2) is 7.41. The highest BCUT2D eigenvalue weighted by molar-refractivity contribution is 7.90. The van der Waals surface area contributed by atoms with Crippen LogP contribution in [0, 0.1) is 6.92 Å². The van der Waals surface area contributed by atoms with Crippen molar-refractivity contribution in [2.24, 2.45) is 5.73 Å². The molecule has 2 N–H and O–H groups in total. The Morgan fingerprint density at radius 2 is 1.93 bits per heavy atom. The van der Waals surface area contributed by atoms with Crippen LogP contribution >= 0.6 is 0 Å². The Morgan fingerprint density at radius 3 is 2.61 bits per heavy atom. The summed E-state index contributed by atoms with van der Waals surface area (Å²) < 4.78 is 31.9. The van der Waals surface area contributed by atoms with Crippen LogP contribution in [0.5, 0.6) is 5.75 Å². The summed E-state index contributed by atoms with van der Waals surface area (Å²) in [6, 6.07) is 13.9. The van der Waals surface area contributed by atoms with Gasteiger partial charge in [0.05, 0.1) is 17.6 Å². The summed E-state index contributed by atoms with van der Waals surface area (Å²) in [4.78, 5) is 0. The van der Waals surface area contributed by atoms with Crippen LogP contribution in [0.25, 0.3) is 11.1 Å². The number of nitrogens with zero attached hydrogens (tertiary/aromatic N) is 2. The highest BCUT2D eigenvalue weighted by Crippen LogP contribution is 2.33. The van der Waals surface area contributed by atoms with E-state index in [1.165, 1.54) is 0 Å². The molecule has 1 aliphatic rings. The number of nitrogens with two attached hydrogens (primary N) is 1. The van der Waals surface area contributed by atoms with E-state index in [1.54, 1.807) is 12.4 Å². The van der Waals surface area contributed by atoms with E-state index in [-0.39, 0.29) is 5.25 Å². The standard InChI is InChI=1S/C21H23N3O3S/c1-15-9-17(19-12-23-24(13-19)28(25,26)20-7-8-20)10-18(11-22)21(15)27-14-16-5-3-2-4-6-16/h2-6,9-10,12-13,20H,7-8,11,14,22H2,1H3. The topological polar surface area (TPSA) is 87.2 Å². The summed E-state index contributed by atoms with van der Waals surface area (Å²) in [6.45, 7) is 2.76. The number of benzene rings is 2. The molecule has 0 bridgehead atoms. The number of hydrogen-bond acceptors (Lipinski definition) is 5. The van der Waals surface area contributed by atoms with Gasteiger partial charge in [0.15, 0.2) is 0 Å². The first kappa shape index (κ1) is 18.7. The molecule has 1 aliphatic carbocycles. The van der Waals surface area contributed by atoms with Crippen molar-refractivity contribution in [3.05, 3.63) is 71.5 Å². The minimum Gasteiger partial charge on any atom is -0.488 e. The van der Waals surface area contributed by atoms with Crippen LogP contribution in [0.4, 0.5) is 0 Å². The second-order valence-electron chi connectivity index (χ2n) is 7.11. The van der Waals surface area contributed by atoms with E-state index in [2.05, 4.69) is 5.10 Å². The highest BCUT2D eigenvalue weighted by atomic mass is 32.2. The third kappa shape index (κ3) is 3.68. The molecule has 0 unspecified atom stereocenters. The quantitative estimate of drug-likeness (QED) is 0.661. The third-order valence-corrected chi connectivity index (χ3v) is 6.93. The Hall–Kier alpha value is -2.64. The molecule has 1 heterocycles. The normalized spacial score (nSPS) is 14.2. The molecule has 1 saturated carbocycles. The summed E-state index contributed by atoms with van der Waals surface area (Å²) >= 11 is 0. The fourth-order valence-corrected chi connectivity index (χ4v) is 4.69.